The number of hydrogen-bond acceptors (Lipinski definition) is 3. The summed E-state index contributed by atoms with van der Waals surface area (Å²) in [7, 11) is 3.56. The number of halogens is 1. The second kappa shape index (κ2) is 7.04. The highest BCUT2D eigenvalue weighted by Crippen LogP contribution is 2.09. The van der Waals surface area contributed by atoms with Crippen molar-refractivity contribution in [3.8, 4) is 0 Å². The van der Waals surface area contributed by atoms with Crippen LogP contribution in [0.5, 0.6) is 0 Å². The summed E-state index contributed by atoms with van der Waals surface area (Å²) in [4.78, 5) is 13.4. The summed E-state index contributed by atoms with van der Waals surface area (Å²) >= 11 is 0. The highest BCUT2D eigenvalue weighted by atomic mass is 35.5. The van der Waals surface area contributed by atoms with Crippen LogP contribution in [0.25, 0.3) is 0 Å². The topological polar surface area (TPSA) is 41.6 Å². The van der Waals surface area contributed by atoms with Gasteiger partial charge in [0, 0.05) is 26.2 Å². The first kappa shape index (κ1) is 13.7. The van der Waals surface area contributed by atoms with Crippen molar-refractivity contribution in [1.82, 2.24) is 10.2 Å². The van der Waals surface area contributed by atoms with Gasteiger partial charge in [-0.25, -0.2) is 0 Å². The van der Waals surface area contributed by atoms with Crippen molar-refractivity contribution < 1.29 is 9.53 Å². The van der Waals surface area contributed by atoms with E-state index in [1.807, 2.05) is 11.9 Å². The number of methoxy groups -OCH3 is 1. The Morgan fingerprint density at radius 2 is 2.36 bits per heavy atom. The minimum absolute atomic E-state index is 0. The summed E-state index contributed by atoms with van der Waals surface area (Å²) in [6, 6.07) is 0.478. The van der Waals surface area contributed by atoms with Crippen molar-refractivity contribution in [2.24, 2.45) is 0 Å². The van der Waals surface area contributed by atoms with Gasteiger partial charge in [-0.15, -0.1) is 12.4 Å². The zero-order valence-electron chi connectivity index (χ0n) is 8.78. The molecule has 0 bridgehead atoms. The second-order valence-electron chi connectivity index (χ2n) is 3.36. The average molecular weight is 223 g/mol. The zero-order chi connectivity index (χ0) is 9.68. The molecule has 0 aliphatic carbocycles. The molecule has 1 rings (SSSR count). The van der Waals surface area contributed by atoms with E-state index in [1.54, 1.807) is 7.11 Å². The molecule has 1 fully saturated rings. The number of rotatable bonds is 4. The Bertz CT molecular complexity index is 178. The van der Waals surface area contributed by atoms with Crippen molar-refractivity contribution >= 4 is 18.3 Å². The number of ether oxygens (including phenoxy) is 1. The number of likely N-dealkylation sites (tertiary alicyclic amines) is 1. The fourth-order valence-electron chi connectivity index (χ4n) is 1.57. The largest absolute Gasteiger partial charge is 0.384 e. The number of amides is 1. The van der Waals surface area contributed by atoms with Crippen LogP contribution < -0.4 is 5.32 Å². The van der Waals surface area contributed by atoms with Crippen LogP contribution >= 0.6 is 12.4 Å². The molecule has 14 heavy (non-hydrogen) atoms. The summed E-state index contributed by atoms with van der Waals surface area (Å²) in [5.41, 5.74) is 0. The Morgan fingerprint density at radius 1 is 1.64 bits per heavy atom. The maximum atomic E-state index is 11.5. The number of nitrogens with one attached hydrogen (secondary N) is 1. The Hall–Kier alpha value is -0.320. The highest BCUT2D eigenvalue weighted by Gasteiger charge is 2.24. The fourth-order valence-corrected chi connectivity index (χ4v) is 1.57. The van der Waals surface area contributed by atoms with Crippen LogP contribution in [0.3, 0.4) is 0 Å². The predicted molar refractivity (Wildman–Crippen MR) is 57.8 cm³/mol. The van der Waals surface area contributed by atoms with Gasteiger partial charge in [0.05, 0.1) is 13.0 Å². The lowest BCUT2D eigenvalue weighted by Crippen LogP contribution is -2.33. The summed E-state index contributed by atoms with van der Waals surface area (Å²) in [6.07, 6.45) is 1.57. The Kier molecular flexibility index (Phi) is 6.87. The molecular formula is C9H19ClN2O2. The first-order valence-corrected chi connectivity index (χ1v) is 4.72. The molecule has 84 valence electrons. The summed E-state index contributed by atoms with van der Waals surface area (Å²) in [5, 5.41) is 3.18. The van der Waals surface area contributed by atoms with Crippen LogP contribution in [0.15, 0.2) is 0 Å². The van der Waals surface area contributed by atoms with E-state index in [0.717, 1.165) is 19.5 Å². The maximum absolute atomic E-state index is 11.5. The van der Waals surface area contributed by atoms with Crippen LogP contribution in [0.2, 0.25) is 0 Å². The summed E-state index contributed by atoms with van der Waals surface area (Å²) in [5.74, 6) is 0.208. The standard InChI is InChI=1S/C9H18N2O2.ClH/c1-10-8-3-5-11(7-8)9(12)4-6-13-2;/h8,10H,3-7H2,1-2H3;1H. The van der Waals surface area contributed by atoms with Gasteiger partial charge < -0.3 is 15.0 Å². The molecule has 1 N–H and O–H groups in total. The smallest absolute Gasteiger partial charge is 0.224 e. The van der Waals surface area contributed by atoms with Gasteiger partial charge in [-0.3, -0.25) is 4.79 Å². The van der Waals surface area contributed by atoms with E-state index in [-0.39, 0.29) is 18.3 Å². The molecule has 1 atom stereocenters. The van der Waals surface area contributed by atoms with E-state index >= 15 is 0 Å². The lowest BCUT2D eigenvalue weighted by Gasteiger charge is -2.15. The van der Waals surface area contributed by atoms with Crippen molar-refractivity contribution in [2.45, 2.75) is 18.9 Å². The third kappa shape index (κ3) is 3.82. The molecule has 5 heteroatoms. The quantitative estimate of drug-likeness (QED) is 0.742. The van der Waals surface area contributed by atoms with Gasteiger partial charge in [0.2, 0.25) is 5.91 Å². The molecule has 0 aromatic rings. The first-order chi connectivity index (χ1) is 6.27. The minimum Gasteiger partial charge on any atom is -0.384 e. The van der Waals surface area contributed by atoms with Gasteiger partial charge in [0.15, 0.2) is 0 Å². The van der Waals surface area contributed by atoms with Crippen LogP contribution in [-0.4, -0.2) is 50.7 Å². The lowest BCUT2D eigenvalue weighted by molar-refractivity contribution is -0.131. The first-order valence-electron chi connectivity index (χ1n) is 4.72. The van der Waals surface area contributed by atoms with Gasteiger partial charge in [0.1, 0.15) is 0 Å². The molecule has 0 spiro atoms. The number of carbonyl (C=O) groups is 1. The van der Waals surface area contributed by atoms with Crippen molar-refractivity contribution in [3.63, 3.8) is 0 Å². The minimum atomic E-state index is 0. The predicted octanol–water partition coefficient (Wildman–Crippen LogP) is 0.265. The molecule has 0 radical (unpaired) electrons. The number of nitrogens with zero attached hydrogens (tertiary/aromatic N) is 1. The SMILES string of the molecule is CNC1CCN(C(=O)CCOC)C1.Cl. The van der Waals surface area contributed by atoms with Gasteiger partial charge in [0.25, 0.3) is 0 Å². The van der Waals surface area contributed by atoms with Crippen molar-refractivity contribution in [2.75, 3.05) is 33.9 Å². The van der Waals surface area contributed by atoms with Crippen LogP contribution in [-0.2, 0) is 9.53 Å². The molecule has 0 aromatic carbocycles. The number of carbonyl (C=O) groups excluding carboxylic acids is 1. The molecule has 1 aliphatic rings. The molecule has 1 aliphatic heterocycles. The third-order valence-electron chi connectivity index (χ3n) is 2.47. The van der Waals surface area contributed by atoms with E-state index in [9.17, 15) is 4.79 Å². The molecule has 0 saturated carbocycles. The van der Waals surface area contributed by atoms with Crippen LogP contribution in [0.1, 0.15) is 12.8 Å². The molecular weight excluding hydrogens is 204 g/mol. The van der Waals surface area contributed by atoms with Crippen LogP contribution in [0.4, 0.5) is 0 Å². The van der Waals surface area contributed by atoms with E-state index < -0.39 is 0 Å². The molecule has 1 saturated heterocycles. The van der Waals surface area contributed by atoms with Gasteiger partial charge in [-0.2, -0.15) is 0 Å². The zero-order valence-corrected chi connectivity index (χ0v) is 9.60. The average Bonchev–Trinajstić information content (AvgIpc) is 2.62. The Labute approximate surface area is 91.4 Å². The van der Waals surface area contributed by atoms with E-state index in [4.69, 9.17) is 4.74 Å². The number of hydrogen-bond donors (Lipinski definition) is 1. The van der Waals surface area contributed by atoms with E-state index in [2.05, 4.69) is 5.32 Å². The Balaban J connectivity index is 0.00000169. The number of likely N-dealkylation sites (N-methyl/N-ethyl adjacent to an activating group) is 1. The highest BCUT2D eigenvalue weighted by molar-refractivity contribution is 5.85. The second-order valence-corrected chi connectivity index (χ2v) is 3.36. The molecule has 1 unspecified atom stereocenters. The van der Waals surface area contributed by atoms with E-state index in [0.29, 0.717) is 19.1 Å². The fraction of sp³-hybridized carbons (Fsp3) is 0.889. The van der Waals surface area contributed by atoms with Gasteiger partial charge in [-0.1, -0.05) is 0 Å². The third-order valence-corrected chi connectivity index (χ3v) is 2.47. The molecule has 1 heterocycles. The maximum Gasteiger partial charge on any atom is 0.224 e. The summed E-state index contributed by atoms with van der Waals surface area (Å²) in [6.45, 7) is 2.26. The molecule has 0 aromatic heterocycles. The Morgan fingerprint density at radius 3 is 2.86 bits per heavy atom. The monoisotopic (exact) mass is 222 g/mol. The molecule has 1 amide bonds. The van der Waals surface area contributed by atoms with Crippen molar-refractivity contribution in [1.29, 1.82) is 0 Å². The summed E-state index contributed by atoms with van der Waals surface area (Å²) < 4.78 is 4.86. The molecule has 4 nitrogen and oxygen atoms in total. The normalized spacial score (nSPS) is 20.7. The van der Waals surface area contributed by atoms with Crippen LogP contribution in [0, 0.1) is 0 Å². The van der Waals surface area contributed by atoms with E-state index in [1.165, 1.54) is 0 Å². The van der Waals surface area contributed by atoms with Gasteiger partial charge >= 0.3 is 0 Å². The van der Waals surface area contributed by atoms with Crippen molar-refractivity contribution in [3.05, 3.63) is 0 Å². The lowest BCUT2D eigenvalue weighted by atomic mass is 10.3. The van der Waals surface area contributed by atoms with Gasteiger partial charge in [-0.05, 0) is 13.5 Å².